The summed E-state index contributed by atoms with van der Waals surface area (Å²) in [5, 5.41) is 3.10. The molecule has 0 spiro atoms. The van der Waals surface area contributed by atoms with Gasteiger partial charge in [-0.2, -0.15) is 0 Å². The van der Waals surface area contributed by atoms with Crippen LogP contribution in [0, 0.1) is 0 Å². The summed E-state index contributed by atoms with van der Waals surface area (Å²) in [5.41, 5.74) is 1.21. The molecular formula is C16H23NO4. The molecule has 0 amide bonds. The van der Waals surface area contributed by atoms with E-state index in [-0.39, 0.29) is 12.1 Å². The van der Waals surface area contributed by atoms with Crippen LogP contribution >= 0.6 is 0 Å². The zero-order valence-corrected chi connectivity index (χ0v) is 13.2. The average Bonchev–Trinajstić information content (AvgIpc) is 2.41. The molecule has 0 fully saturated rings. The van der Waals surface area contributed by atoms with E-state index >= 15 is 0 Å². The fraction of sp³-hybridized carbons (Fsp3) is 0.562. The van der Waals surface area contributed by atoms with Crippen LogP contribution in [0.3, 0.4) is 0 Å². The number of hydrogen-bond acceptors (Lipinski definition) is 5. The van der Waals surface area contributed by atoms with Crippen molar-refractivity contribution in [1.29, 1.82) is 0 Å². The quantitative estimate of drug-likeness (QED) is 0.865. The van der Waals surface area contributed by atoms with Crippen LogP contribution in [-0.2, 0) is 14.3 Å². The second-order valence-corrected chi connectivity index (χ2v) is 5.61. The second kappa shape index (κ2) is 5.93. The Kier molecular flexibility index (Phi) is 4.42. The monoisotopic (exact) mass is 293 g/mol. The van der Waals surface area contributed by atoms with Crippen molar-refractivity contribution in [3.63, 3.8) is 0 Å². The van der Waals surface area contributed by atoms with Gasteiger partial charge < -0.3 is 19.5 Å². The topological polar surface area (TPSA) is 56.8 Å². The number of carbonyl (C=O) groups excluding carboxylic acids is 1. The molecular weight excluding hydrogens is 270 g/mol. The standard InChI is InChI=1S/C16H23NO4/c1-6-19-14-12-9-11(17-5)7-8-13(12)21-16(3,4)15(14)20-10(2)18/h7-9,14-15,17H,6H2,1-5H3. The highest BCUT2D eigenvalue weighted by atomic mass is 16.6. The largest absolute Gasteiger partial charge is 0.483 e. The van der Waals surface area contributed by atoms with E-state index in [2.05, 4.69) is 5.32 Å². The van der Waals surface area contributed by atoms with Crippen LogP contribution in [0.1, 0.15) is 39.4 Å². The number of ether oxygens (including phenoxy) is 3. The first-order valence-electron chi connectivity index (χ1n) is 7.18. The minimum atomic E-state index is -0.653. The van der Waals surface area contributed by atoms with E-state index in [1.807, 2.05) is 46.0 Å². The summed E-state index contributed by atoms with van der Waals surface area (Å²) < 4.78 is 17.4. The summed E-state index contributed by atoms with van der Waals surface area (Å²) in [6, 6.07) is 5.84. The van der Waals surface area contributed by atoms with Crippen LogP contribution in [-0.4, -0.2) is 31.3 Å². The van der Waals surface area contributed by atoms with Gasteiger partial charge in [-0.25, -0.2) is 0 Å². The van der Waals surface area contributed by atoms with Crippen molar-refractivity contribution in [1.82, 2.24) is 0 Å². The first kappa shape index (κ1) is 15.6. The number of anilines is 1. The van der Waals surface area contributed by atoms with E-state index in [0.717, 1.165) is 17.0 Å². The summed E-state index contributed by atoms with van der Waals surface area (Å²) in [6.45, 7) is 7.67. The van der Waals surface area contributed by atoms with E-state index in [1.54, 1.807) is 0 Å². The first-order chi connectivity index (χ1) is 9.89. The molecule has 1 aliphatic rings. The summed E-state index contributed by atoms with van der Waals surface area (Å²) in [4.78, 5) is 11.4. The van der Waals surface area contributed by atoms with Crippen LogP contribution in [0.25, 0.3) is 0 Å². The summed E-state index contributed by atoms with van der Waals surface area (Å²) >= 11 is 0. The van der Waals surface area contributed by atoms with E-state index in [4.69, 9.17) is 14.2 Å². The lowest BCUT2D eigenvalue weighted by molar-refractivity contribution is -0.181. The van der Waals surface area contributed by atoms with Crippen LogP contribution in [0.2, 0.25) is 0 Å². The minimum absolute atomic E-state index is 0.338. The number of fused-ring (bicyclic) bond motifs is 1. The Morgan fingerprint density at radius 1 is 1.43 bits per heavy atom. The van der Waals surface area contributed by atoms with Crippen LogP contribution < -0.4 is 10.1 Å². The van der Waals surface area contributed by atoms with Crippen molar-refractivity contribution < 1.29 is 19.0 Å². The Morgan fingerprint density at radius 2 is 2.14 bits per heavy atom. The Morgan fingerprint density at radius 3 is 2.71 bits per heavy atom. The van der Waals surface area contributed by atoms with Gasteiger partial charge in [0.05, 0.1) is 0 Å². The highest BCUT2D eigenvalue weighted by Gasteiger charge is 2.47. The van der Waals surface area contributed by atoms with Crippen molar-refractivity contribution in [2.45, 2.75) is 45.5 Å². The van der Waals surface area contributed by atoms with E-state index < -0.39 is 11.7 Å². The highest BCUT2D eigenvalue weighted by molar-refractivity contribution is 5.66. The number of carbonyl (C=O) groups is 1. The maximum Gasteiger partial charge on any atom is 0.303 e. The lowest BCUT2D eigenvalue weighted by atomic mass is 9.88. The maximum atomic E-state index is 11.4. The van der Waals surface area contributed by atoms with E-state index in [9.17, 15) is 4.79 Å². The van der Waals surface area contributed by atoms with Gasteiger partial charge in [0.25, 0.3) is 0 Å². The smallest absolute Gasteiger partial charge is 0.303 e. The molecule has 2 atom stereocenters. The third kappa shape index (κ3) is 3.13. The second-order valence-electron chi connectivity index (χ2n) is 5.61. The lowest BCUT2D eigenvalue weighted by Gasteiger charge is -2.43. The number of esters is 1. The normalized spacial score (nSPS) is 22.9. The predicted octanol–water partition coefficient (Wildman–Crippen LogP) is 2.91. The van der Waals surface area contributed by atoms with E-state index in [0.29, 0.717) is 6.61 Å². The zero-order chi connectivity index (χ0) is 15.6. The molecule has 1 aromatic carbocycles. The van der Waals surface area contributed by atoms with Crippen LogP contribution in [0.4, 0.5) is 5.69 Å². The fourth-order valence-electron chi connectivity index (χ4n) is 2.63. The molecule has 5 nitrogen and oxygen atoms in total. The zero-order valence-electron chi connectivity index (χ0n) is 13.2. The van der Waals surface area contributed by atoms with Crippen molar-refractivity contribution >= 4 is 11.7 Å². The van der Waals surface area contributed by atoms with Crippen LogP contribution in [0.15, 0.2) is 18.2 Å². The molecule has 116 valence electrons. The Hall–Kier alpha value is -1.75. The molecule has 1 aliphatic heterocycles. The van der Waals surface area contributed by atoms with Crippen molar-refractivity contribution in [3.8, 4) is 5.75 Å². The number of benzene rings is 1. The summed E-state index contributed by atoms with van der Waals surface area (Å²) in [5.74, 6) is 0.426. The summed E-state index contributed by atoms with van der Waals surface area (Å²) in [7, 11) is 1.86. The minimum Gasteiger partial charge on any atom is -0.483 e. The van der Waals surface area contributed by atoms with Crippen molar-refractivity contribution in [3.05, 3.63) is 23.8 Å². The third-order valence-corrected chi connectivity index (χ3v) is 3.58. The van der Waals surface area contributed by atoms with Gasteiger partial charge in [-0.05, 0) is 39.0 Å². The molecule has 1 aromatic rings. The van der Waals surface area contributed by atoms with Crippen LogP contribution in [0.5, 0.6) is 5.75 Å². The molecule has 5 heteroatoms. The lowest BCUT2D eigenvalue weighted by Crippen LogP contribution is -2.51. The van der Waals surface area contributed by atoms with E-state index in [1.165, 1.54) is 6.92 Å². The Balaban J connectivity index is 2.48. The van der Waals surface area contributed by atoms with Gasteiger partial charge >= 0.3 is 5.97 Å². The first-order valence-corrected chi connectivity index (χ1v) is 7.18. The molecule has 0 aromatic heterocycles. The van der Waals surface area contributed by atoms with Gasteiger partial charge in [-0.1, -0.05) is 0 Å². The Bertz CT molecular complexity index is 527. The van der Waals surface area contributed by atoms with Gasteiger partial charge in [0.2, 0.25) is 0 Å². The molecule has 0 radical (unpaired) electrons. The van der Waals surface area contributed by atoms with Gasteiger partial charge in [0, 0.05) is 31.8 Å². The molecule has 1 heterocycles. The maximum absolute atomic E-state index is 11.4. The molecule has 0 saturated heterocycles. The Labute approximate surface area is 125 Å². The molecule has 2 unspecified atom stereocenters. The molecule has 0 aliphatic carbocycles. The van der Waals surface area contributed by atoms with Gasteiger partial charge in [-0.3, -0.25) is 4.79 Å². The predicted molar refractivity (Wildman–Crippen MR) is 80.6 cm³/mol. The van der Waals surface area contributed by atoms with Gasteiger partial charge in [0.15, 0.2) is 6.10 Å². The molecule has 2 rings (SSSR count). The van der Waals surface area contributed by atoms with Gasteiger partial charge in [0.1, 0.15) is 17.5 Å². The molecule has 21 heavy (non-hydrogen) atoms. The SMILES string of the molecule is CCOC1c2cc(NC)ccc2OC(C)(C)C1OC(C)=O. The molecule has 1 N–H and O–H groups in total. The third-order valence-electron chi connectivity index (χ3n) is 3.58. The molecule has 0 saturated carbocycles. The fourth-order valence-corrected chi connectivity index (χ4v) is 2.63. The number of rotatable bonds is 4. The summed E-state index contributed by atoms with van der Waals surface area (Å²) in [6.07, 6.45) is -0.833. The molecule has 0 bridgehead atoms. The number of nitrogens with one attached hydrogen (secondary N) is 1. The number of hydrogen-bond donors (Lipinski definition) is 1. The van der Waals surface area contributed by atoms with Gasteiger partial charge in [-0.15, -0.1) is 0 Å². The average molecular weight is 293 g/mol. The van der Waals surface area contributed by atoms with Crippen molar-refractivity contribution in [2.24, 2.45) is 0 Å². The van der Waals surface area contributed by atoms with Crippen molar-refractivity contribution in [2.75, 3.05) is 19.0 Å². The highest BCUT2D eigenvalue weighted by Crippen LogP contribution is 2.44.